The van der Waals surface area contributed by atoms with E-state index in [0.29, 0.717) is 6.54 Å². The fraction of sp³-hybridized carbons (Fsp3) is 0.240. The van der Waals surface area contributed by atoms with Crippen molar-refractivity contribution in [1.29, 1.82) is 0 Å². The Balaban J connectivity index is 1.28. The van der Waals surface area contributed by atoms with Crippen molar-refractivity contribution >= 4 is 34.7 Å². The number of amides is 1. The van der Waals surface area contributed by atoms with E-state index in [1.54, 1.807) is 18.9 Å². The molecule has 0 aromatic heterocycles. The van der Waals surface area contributed by atoms with Gasteiger partial charge < -0.3 is 14.5 Å². The van der Waals surface area contributed by atoms with Gasteiger partial charge in [-0.1, -0.05) is 36.0 Å². The van der Waals surface area contributed by atoms with E-state index in [1.807, 2.05) is 53.4 Å². The zero-order chi connectivity index (χ0) is 21.2. The van der Waals surface area contributed by atoms with Crippen LogP contribution in [0.2, 0.25) is 0 Å². The molecule has 1 saturated heterocycles. The maximum atomic E-state index is 13.5. The van der Waals surface area contributed by atoms with Gasteiger partial charge in [0.1, 0.15) is 5.75 Å². The standard InChI is InChI=1S/C25H25N3O2S/c1-30-20-12-10-19(11-13-20)27-16-14-26(15-17-27)18-25(29)28-21-6-2-4-8-23(21)31-24-9-5-3-7-22(24)28/h2-13H,14-18H2,1H3/p+1. The molecular formula is C25H26N3O2S+. The molecule has 31 heavy (non-hydrogen) atoms. The fourth-order valence-corrected chi connectivity index (χ4v) is 5.38. The molecule has 2 aliphatic heterocycles. The highest BCUT2D eigenvalue weighted by atomic mass is 32.2. The lowest BCUT2D eigenvalue weighted by Crippen LogP contribution is -3.15. The average molecular weight is 433 g/mol. The molecule has 0 bridgehead atoms. The van der Waals surface area contributed by atoms with Crippen LogP contribution in [0.1, 0.15) is 0 Å². The van der Waals surface area contributed by atoms with Crippen LogP contribution in [-0.4, -0.2) is 45.7 Å². The molecule has 0 saturated carbocycles. The third kappa shape index (κ3) is 4.01. The molecule has 158 valence electrons. The summed E-state index contributed by atoms with van der Waals surface area (Å²) >= 11 is 1.73. The van der Waals surface area contributed by atoms with Crippen LogP contribution in [0.3, 0.4) is 0 Å². The van der Waals surface area contributed by atoms with Crippen LogP contribution >= 0.6 is 11.8 Å². The first-order valence-electron chi connectivity index (χ1n) is 10.6. The van der Waals surface area contributed by atoms with E-state index in [2.05, 4.69) is 29.2 Å². The summed E-state index contributed by atoms with van der Waals surface area (Å²) in [4.78, 5) is 21.4. The van der Waals surface area contributed by atoms with Crippen molar-refractivity contribution in [3.05, 3.63) is 72.8 Å². The van der Waals surface area contributed by atoms with Crippen molar-refractivity contribution in [2.45, 2.75) is 9.79 Å². The Hall–Kier alpha value is -2.96. The summed E-state index contributed by atoms with van der Waals surface area (Å²) in [5.74, 6) is 1.03. The van der Waals surface area contributed by atoms with Crippen LogP contribution < -0.4 is 19.4 Å². The zero-order valence-corrected chi connectivity index (χ0v) is 18.4. The topological polar surface area (TPSA) is 37.2 Å². The third-order valence-corrected chi connectivity index (χ3v) is 7.12. The summed E-state index contributed by atoms with van der Waals surface area (Å²) in [5.41, 5.74) is 3.20. The number of quaternary nitrogens is 1. The maximum Gasteiger partial charge on any atom is 0.286 e. The Morgan fingerprint density at radius 2 is 1.48 bits per heavy atom. The SMILES string of the molecule is COc1ccc(N2CC[NH+](CC(=O)N3c4ccccc4Sc4ccccc43)CC2)cc1. The molecule has 5 rings (SSSR count). The number of rotatable bonds is 4. The Morgan fingerprint density at radius 1 is 0.903 bits per heavy atom. The normalized spacial score (nSPS) is 15.9. The number of piperazine rings is 1. The first kappa shape index (κ1) is 20.0. The van der Waals surface area contributed by atoms with Gasteiger partial charge in [0.25, 0.3) is 5.91 Å². The molecule has 0 aliphatic carbocycles. The lowest BCUT2D eigenvalue weighted by atomic mass is 10.2. The molecule has 2 heterocycles. The second kappa shape index (κ2) is 8.65. The van der Waals surface area contributed by atoms with Crippen LogP contribution in [0.25, 0.3) is 0 Å². The Bertz CT molecular complexity index is 1030. The summed E-state index contributed by atoms with van der Waals surface area (Å²) in [6.07, 6.45) is 0. The minimum Gasteiger partial charge on any atom is -0.497 e. The molecule has 0 atom stereocenters. The highest BCUT2D eigenvalue weighted by Gasteiger charge is 2.31. The molecule has 0 unspecified atom stereocenters. The number of nitrogens with one attached hydrogen (secondary N) is 1. The lowest BCUT2D eigenvalue weighted by molar-refractivity contribution is -0.892. The van der Waals surface area contributed by atoms with Gasteiger partial charge in [0.2, 0.25) is 0 Å². The fourth-order valence-electron chi connectivity index (χ4n) is 4.32. The second-order valence-corrected chi connectivity index (χ2v) is 8.96. The molecule has 5 nitrogen and oxygen atoms in total. The van der Waals surface area contributed by atoms with Gasteiger partial charge in [-0.25, -0.2) is 0 Å². The highest BCUT2D eigenvalue weighted by Crippen LogP contribution is 2.47. The molecule has 0 spiro atoms. The van der Waals surface area contributed by atoms with Gasteiger partial charge in [-0.05, 0) is 48.5 Å². The number of hydrogen-bond acceptors (Lipinski definition) is 4. The van der Waals surface area contributed by atoms with Crippen molar-refractivity contribution in [2.75, 3.05) is 49.6 Å². The number of benzene rings is 3. The summed E-state index contributed by atoms with van der Waals surface area (Å²) < 4.78 is 5.26. The van der Waals surface area contributed by atoms with Crippen molar-refractivity contribution in [1.82, 2.24) is 0 Å². The Labute approximate surface area is 187 Å². The number of hydrogen-bond donors (Lipinski definition) is 1. The van der Waals surface area contributed by atoms with E-state index in [1.165, 1.54) is 10.6 Å². The number of fused-ring (bicyclic) bond motifs is 2. The Morgan fingerprint density at radius 3 is 2.06 bits per heavy atom. The molecule has 1 fully saturated rings. The van der Waals surface area contributed by atoms with Crippen LogP contribution in [0.5, 0.6) is 5.75 Å². The maximum absolute atomic E-state index is 13.5. The molecule has 1 amide bonds. The van der Waals surface area contributed by atoms with E-state index < -0.39 is 0 Å². The van der Waals surface area contributed by atoms with Crippen molar-refractivity contribution in [2.24, 2.45) is 0 Å². The lowest BCUT2D eigenvalue weighted by Gasteiger charge is -2.35. The molecule has 2 aliphatic rings. The van der Waals surface area contributed by atoms with Gasteiger partial charge in [-0.15, -0.1) is 0 Å². The molecule has 3 aromatic carbocycles. The van der Waals surface area contributed by atoms with E-state index in [-0.39, 0.29) is 5.91 Å². The molecule has 0 radical (unpaired) electrons. The van der Waals surface area contributed by atoms with E-state index in [9.17, 15) is 4.79 Å². The third-order valence-electron chi connectivity index (χ3n) is 5.99. The number of ether oxygens (including phenoxy) is 1. The van der Waals surface area contributed by atoms with Crippen molar-refractivity contribution < 1.29 is 14.4 Å². The zero-order valence-electron chi connectivity index (χ0n) is 17.6. The van der Waals surface area contributed by atoms with Crippen LogP contribution in [-0.2, 0) is 4.79 Å². The van der Waals surface area contributed by atoms with Gasteiger partial charge in [-0.3, -0.25) is 9.69 Å². The largest absolute Gasteiger partial charge is 0.497 e. The summed E-state index contributed by atoms with van der Waals surface area (Å²) in [6.45, 7) is 4.28. The molecule has 1 N–H and O–H groups in total. The number of para-hydroxylation sites is 2. The Kier molecular flexibility index (Phi) is 5.57. The predicted molar refractivity (Wildman–Crippen MR) is 125 cm³/mol. The van der Waals surface area contributed by atoms with Gasteiger partial charge >= 0.3 is 0 Å². The van der Waals surface area contributed by atoms with Gasteiger partial charge in [0.05, 0.1) is 44.7 Å². The number of carbonyl (C=O) groups is 1. The van der Waals surface area contributed by atoms with Crippen LogP contribution in [0.4, 0.5) is 17.1 Å². The van der Waals surface area contributed by atoms with Crippen molar-refractivity contribution in [3.8, 4) is 5.75 Å². The smallest absolute Gasteiger partial charge is 0.286 e. The van der Waals surface area contributed by atoms with Crippen LogP contribution in [0, 0.1) is 0 Å². The minimum atomic E-state index is 0.160. The summed E-state index contributed by atoms with van der Waals surface area (Å²) in [5, 5.41) is 0. The molecule has 6 heteroatoms. The number of methoxy groups -OCH3 is 1. The molecular weight excluding hydrogens is 406 g/mol. The highest BCUT2D eigenvalue weighted by molar-refractivity contribution is 7.99. The molecule has 3 aromatic rings. The van der Waals surface area contributed by atoms with E-state index >= 15 is 0 Å². The van der Waals surface area contributed by atoms with E-state index in [0.717, 1.165) is 53.1 Å². The number of carbonyl (C=O) groups excluding carboxylic acids is 1. The summed E-state index contributed by atoms with van der Waals surface area (Å²) in [6, 6.07) is 24.6. The van der Waals surface area contributed by atoms with Gasteiger partial charge in [0.15, 0.2) is 6.54 Å². The monoisotopic (exact) mass is 432 g/mol. The predicted octanol–water partition coefficient (Wildman–Crippen LogP) is 3.23. The van der Waals surface area contributed by atoms with Crippen molar-refractivity contribution in [3.63, 3.8) is 0 Å². The average Bonchev–Trinajstić information content (AvgIpc) is 2.83. The number of anilines is 3. The van der Waals surface area contributed by atoms with Crippen LogP contribution in [0.15, 0.2) is 82.6 Å². The second-order valence-electron chi connectivity index (χ2n) is 7.88. The van der Waals surface area contributed by atoms with Gasteiger partial charge in [0, 0.05) is 15.5 Å². The van der Waals surface area contributed by atoms with E-state index in [4.69, 9.17) is 4.74 Å². The first-order valence-corrected chi connectivity index (χ1v) is 11.5. The quantitative estimate of drug-likeness (QED) is 0.687. The minimum absolute atomic E-state index is 0.160. The summed E-state index contributed by atoms with van der Waals surface area (Å²) in [7, 11) is 1.69. The first-order chi connectivity index (χ1) is 15.2. The number of nitrogens with zero attached hydrogens (tertiary/aromatic N) is 2. The van der Waals surface area contributed by atoms with Gasteiger partial charge in [-0.2, -0.15) is 0 Å².